The largest absolute Gasteiger partial charge is 0.366 e. The van der Waals surface area contributed by atoms with E-state index >= 15 is 0 Å². The summed E-state index contributed by atoms with van der Waals surface area (Å²) in [5.41, 5.74) is 1.07. The molecule has 0 aliphatic heterocycles. The van der Waals surface area contributed by atoms with Crippen molar-refractivity contribution in [2.45, 2.75) is 59.9 Å². The van der Waals surface area contributed by atoms with Crippen molar-refractivity contribution in [1.82, 2.24) is 0 Å². The van der Waals surface area contributed by atoms with Gasteiger partial charge in [-0.3, -0.25) is 0 Å². The van der Waals surface area contributed by atoms with Crippen LogP contribution >= 0.6 is 0 Å². The Morgan fingerprint density at radius 2 is 1.93 bits per heavy atom. The Labute approximate surface area is 93.1 Å². The lowest BCUT2D eigenvalue weighted by atomic mass is 10.1. The lowest BCUT2D eigenvalue weighted by Crippen LogP contribution is -2.31. The third kappa shape index (κ3) is 11.3. The van der Waals surface area contributed by atoms with Crippen LogP contribution in [0, 0.1) is 0 Å². The highest BCUT2D eigenvalue weighted by atomic mass is 16.6. The number of carbonyl (C=O) groups is 1. The third-order valence-electron chi connectivity index (χ3n) is 1.61. The number of hydrogen-bond acceptors (Lipinski definition) is 3. The van der Waals surface area contributed by atoms with Crippen LogP contribution in [0.25, 0.3) is 0 Å². The summed E-state index contributed by atoms with van der Waals surface area (Å²) in [6, 6.07) is 0. The van der Waals surface area contributed by atoms with E-state index in [0.717, 1.165) is 5.57 Å². The van der Waals surface area contributed by atoms with Crippen molar-refractivity contribution in [3.63, 3.8) is 0 Å². The van der Waals surface area contributed by atoms with Gasteiger partial charge >= 0.3 is 0 Å². The van der Waals surface area contributed by atoms with E-state index in [9.17, 15) is 9.90 Å². The standard InChI is InChI=1S/C10H18O3.C2H6/c1-5-8(2)6-9(7-11)13-10(3,4)12;1-2/h5,7,9,12H,6H2,1-4H3;1-2H3/b8-5-;/t9-;/m1./s1. The number of aliphatic hydroxyl groups is 1. The molecular weight excluding hydrogens is 192 g/mol. The Hall–Kier alpha value is -0.670. The molecule has 0 aliphatic rings. The highest BCUT2D eigenvalue weighted by Crippen LogP contribution is 2.13. The van der Waals surface area contributed by atoms with Crippen LogP contribution in [-0.4, -0.2) is 23.3 Å². The molecule has 0 rings (SSSR count). The fraction of sp³-hybridized carbons (Fsp3) is 0.750. The summed E-state index contributed by atoms with van der Waals surface area (Å²) in [5, 5.41) is 9.30. The van der Waals surface area contributed by atoms with E-state index in [1.165, 1.54) is 13.8 Å². The Morgan fingerprint density at radius 3 is 2.20 bits per heavy atom. The van der Waals surface area contributed by atoms with Gasteiger partial charge in [-0.15, -0.1) is 0 Å². The van der Waals surface area contributed by atoms with E-state index in [1.54, 1.807) is 0 Å². The Bertz CT molecular complexity index is 190. The minimum Gasteiger partial charge on any atom is -0.366 e. The summed E-state index contributed by atoms with van der Waals surface area (Å²) in [7, 11) is 0. The average molecular weight is 216 g/mol. The smallest absolute Gasteiger partial charge is 0.160 e. The molecule has 15 heavy (non-hydrogen) atoms. The molecule has 0 radical (unpaired) electrons. The maximum Gasteiger partial charge on any atom is 0.160 e. The minimum absolute atomic E-state index is 0.532. The Kier molecular flexibility index (Phi) is 9.63. The zero-order valence-corrected chi connectivity index (χ0v) is 10.7. The number of aldehydes is 1. The van der Waals surface area contributed by atoms with Crippen LogP contribution in [0.5, 0.6) is 0 Å². The molecule has 0 aliphatic carbocycles. The highest BCUT2D eigenvalue weighted by molar-refractivity contribution is 5.56. The molecule has 1 atom stereocenters. The maximum atomic E-state index is 10.6. The van der Waals surface area contributed by atoms with Crippen LogP contribution in [0.1, 0.15) is 48.0 Å². The first kappa shape index (κ1) is 16.7. The molecule has 0 heterocycles. The summed E-state index contributed by atoms with van der Waals surface area (Å²) in [4.78, 5) is 10.6. The van der Waals surface area contributed by atoms with Gasteiger partial charge in [-0.25, -0.2) is 0 Å². The zero-order valence-electron chi connectivity index (χ0n) is 10.7. The van der Waals surface area contributed by atoms with Gasteiger partial charge in [0.2, 0.25) is 0 Å². The van der Waals surface area contributed by atoms with E-state index in [2.05, 4.69) is 0 Å². The molecule has 0 saturated carbocycles. The lowest BCUT2D eigenvalue weighted by Gasteiger charge is -2.22. The number of carbonyl (C=O) groups excluding carboxylic acids is 1. The van der Waals surface area contributed by atoms with Gasteiger partial charge in [0.1, 0.15) is 12.4 Å². The quantitative estimate of drug-likeness (QED) is 0.436. The van der Waals surface area contributed by atoms with Crippen molar-refractivity contribution in [3.05, 3.63) is 11.6 Å². The van der Waals surface area contributed by atoms with Gasteiger partial charge in [-0.1, -0.05) is 25.5 Å². The third-order valence-corrected chi connectivity index (χ3v) is 1.61. The van der Waals surface area contributed by atoms with Crippen molar-refractivity contribution in [2.75, 3.05) is 0 Å². The monoisotopic (exact) mass is 216 g/mol. The second kappa shape index (κ2) is 8.62. The van der Waals surface area contributed by atoms with Gasteiger partial charge in [0.15, 0.2) is 5.79 Å². The van der Waals surface area contributed by atoms with Crippen LogP contribution in [-0.2, 0) is 9.53 Å². The SMILES string of the molecule is C/C=C(/C)C[C@H](C=O)OC(C)(C)O.CC. The molecule has 0 amide bonds. The molecule has 1 N–H and O–H groups in total. The first-order valence-electron chi connectivity index (χ1n) is 5.36. The maximum absolute atomic E-state index is 10.6. The van der Waals surface area contributed by atoms with Crippen molar-refractivity contribution < 1.29 is 14.6 Å². The summed E-state index contributed by atoms with van der Waals surface area (Å²) in [6.07, 6.45) is 2.61. The Balaban J connectivity index is 0. The summed E-state index contributed by atoms with van der Waals surface area (Å²) >= 11 is 0. The molecule has 3 heteroatoms. The first-order valence-corrected chi connectivity index (χ1v) is 5.36. The topological polar surface area (TPSA) is 46.5 Å². The number of rotatable bonds is 5. The van der Waals surface area contributed by atoms with Crippen molar-refractivity contribution >= 4 is 6.29 Å². The molecule has 0 spiro atoms. The molecule has 0 aromatic heterocycles. The van der Waals surface area contributed by atoms with E-state index < -0.39 is 11.9 Å². The normalized spacial score (nSPS) is 13.9. The second-order valence-electron chi connectivity index (χ2n) is 3.58. The highest BCUT2D eigenvalue weighted by Gasteiger charge is 2.19. The molecule has 0 unspecified atom stereocenters. The van der Waals surface area contributed by atoms with Gasteiger partial charge < -0.3 is 14.6 Å². The molecule has 3 nitrogen and oxygen atoms in total. The van der Waals surface area contributed by atoms with Gasteiger partial charge in [-0.2, -0.15) is 0 Å². The van der Waals surface area contributed by atoms with E-state index in [0.29, 0.717) is 12.7 Å². The zero-order chi connectivity index (χ0) is 12.5. The second-order valence-corrected chi connectivity index (χ2v) is 3.58. The number of hydrogen-bond donors (Lipinski definition) is 1. The molecule has 0 aromatic carbocycles. The van der Waals surface area contributed by atoms with Gasteiger partial charge in [0.05, 0.1) is 0 Å². The van der Waals surface area contributed by atoms with Crippen LogP contribution in [0.4, 0.5) is 0 Å². The molecule has 90 valence electrons. The molecule has 0 aromatic rings. The van der Waals surface area contributed by atoms with Crippen LogP contribution < -0.4 is 0 Å². The van der Waals surface area contributed by atoms with Crippen LogP contribution in [0.3, 0.4) is 0 Å². The number of ether oxygens (including phenoxy) is 1. The predicted octanol–water partition coefficient (Wildman–Crippen LogP) is 2.68. The van der Waals surface area contributed by atoms with Crippen LogP contribution in [0.15, 0.2) is 11.6 Å². The molecule has 0 bridgehead atoms. The fourth-order valence-corrected chi connectivity index (χ4v) is 0.923. The minimum atomic E-state index is -1.25. The molecular formula is C12H24O3. The summed E-state index contributed by atoms with van der Waals surface area (Å²) in [6.45, 7) is 10.8. The number of allylic oxidation sites excluding steroid dienone is 1. The van der Waals surface area contributed by atoms with Crippen molar-refractivity contribution in [3.8, 4) is 0 Å². The predicted molar refractivity (Wildman–Crippen MR) is 62.6 cm³/mol. The van der Waals surface area contributed by atoms with Crippen molar-refractivity contribution in [2.24, 2.45) is 0 Å². The van der Waals surface area contributed by atoms with Gasteiger partial charge in [0, 0.05) is 6.42 Å². The fourth-order valence-electron chi connectivity index (χ4n) is 0.923. The van der Waals surface area contributed by atoms with Gasteiger partial charge in [-0.05, 0) is 27.7 Å². The van der Waals surface area contributed by atoms with Crippen molar-refractivity contribution in [1.29, 1.82) is 0 Å². The van der Waals surface area contributed by atoms with E-state index in [4.69, 9.17) is 4.74 Å². The first-order chi connectivity index (χ1) is 6.89. The lowest BCUT2D eigenvalue weighted by molar-refractivity contribution is -0.201. The van der Waals surface area contributed by atoms with Crippen LogP contribution in [0.2, 0.25) is 0 Å². The van der Waals surface area contributed by atoms with E-state index in [-0.39, 0.29) is 0 Å². The van der Waals surface area contributed by atoms with Gasteiger partial charge in [0.25, 0.3) is 0 Å². The average Bonchev–Trinajstić information content (AvgIpc) is 2.17. The van der Waals surface area contributed by atoms with E-state index in [1.807, 2.05) is 33.8 Å². The summed E-state index contributed by atoms with van der Waals surface area (Å²) < 4.78 is 5.11. The Morgan fingerprint density at radius 1 is 1.47 bits per heavy atom. The molecule has 0 fully saturated rings. The summed E-state index contributed by atoms with van der Waals surface area (Å²) in [5.74, 6) is -1.25. The molecule has 0 saturated heterocycles.